The molecule has 1 N–H and O–H groups in total. The SMILES string of the molecule is CNc1ccc(-c2nnc(-c3cccc(OCc4ncccc4F)c3)o2)cc1. The standard InChI is InChI=1S/C21H17FN4O2/c1-23-16-9-7-14(8-10-16)20-25-26-21(28-20)15-4-2-5-17(12-15)27-13-19-18(22)6-3-11-24-19/h2-12,23H,13H2,1H3. The number of halogens is 1. The van der Waals surface area contributed by atoms with E-state index < -0.39 is 5.82 Å². The molecule has 0 bridgehead atoms. The lowest BCUT2D eigenvalue weighted by molar-refractivity contribution is 0.294. The summed E-state index contributed by atoms with van der Waals surface area (Å²) in [5.74, 6) is 0.965. The average Bonchev–Trinajstić information content (AvgIpc) is 3.24. The Bertz CT molecular complexity index is 1080. The van der Waals surface area contributed by atoms with Crippen molar-refractivity contribution in [2.24, 2.45) is 0 Å². The molecule has 2 aromatic carbocycles. The van der Waals surface area contributed by atoms with Crippen molar-refractivity contribution in [1.82, 2.24) is 15.2 Å². The van der Waals surface area contributed by atoms with Crippen LogP contribution in [0.2, 0.25) is 0 Å². The highest BCUT2D eigenvalue weighted by molar-refractivity contribution is 5.61. The number of nitrogens with zero attached hydrogens (tertiary/aromatic N) is 3. The van der Waals surface area contributed by atoms with Gasteiger partial charge in [-0.1, -0.05) is 6.07 Å². The molecule has 0 aliphatic carbocycles. The molecule has 0 aliphatic heterocycles. The Morgan fingerprint density at radius 2 is 1.75 bits per heavy atom. The quantitative estimate of drug-likeness (QED) is 0.532. The van der Waals surface area contributed by atoms with Crippen molar-refractivity contribution in [1.29, 1.82) is 0 Å². The van der Waals surface area contributed by atoms with E-state index in [0.717, 1.165) is 11.3 Å². The minimum atomic E-state index is -0.399. The minimum Gasteiger partial charge on any atom is -0.487 e. The summed E-state index contributed by atoms with van der Waals surface area (Å²) >= 11 is 0. The number of anilines is 1. The zero-order chi connectivity index (χ0) is 19.3. The van der Waals surface area contributed by atoms with Gasteiger partial charge in [0.25, 0.3) is 0 Å². The van der Waals surface area contributed by atoms with Crippen LogP contribution < -0.4 is 10.1 Å². The molecule has 4 aromatic rings. The van der Waals surface area contributed by atoms with E-state index in [-0.39, 0.29) is 12.3 Å². The van der Waals surface area contributed by atoms with Gasteiger partial charge in [0, 0.05) is 30.1 Å². The van der Waals surface area contributed by atoms with E-state index in [4.69, 9.17) is 9.15 Å². The number of pyridine rings is 1. The molecule has 140 valence electrons. The van der Waals surface area contributed by atoms with Crippen LogP contribution in [0.5, 0.6) is 5.75 Å². The number of ether oxygens (including phenoxy) is 1. The Morgan fingerprint density at radius 1 is 0.964 bits per heavy atom. The molecular formula is C21H17FN4O2. The summed E-state index contributed by atoms with van der Waals surface area (Å²) in [5, 5.41) is 11.3. The maximum absolute atomic E-state index is 13.7. The molecule has 0 fully saturated rings. The second kappa shape index (κ2) is 7.87. The first-order valence-corrected chi connectivity index (χ1v) is 8.67. The normalized spacial score (nSPS) is 10.6. The van der Waals surface area contributed by atoms with Crippen molar-refractivity contribution in [2.75, 3.05) is 12.4 Å². The lowest BCUT2D eigenvalue weighted by Crippen LogP contribution is -2.01. The second-order valence-corrected chi connectivity index (χ2v) is 5.99. The Kier molecular flexibility index (Phi) is 4.97. The molecule has 2 aromatic heterocycles. The highest BCUT2D eigenvalue weighted by atomic mass is 19.1. The summed E-state index contributed by atoms with van der Waals surface area (Å²) in [6, 6.07) is 17.8. The molecule has 0 saturated carbocycles. The molecule has 0 radical (unpaired) electrons. The van der Waals surface area contributed by atoms with E-state index in [2.05, 4.69) is 20.5 Å². The number of benzene rings is 2. The smallest absolute Gasteiger partial charge is 0.248 e. The maximum Gasteiger partial charge on any atom is 0.248 e. The molecule has 28 heavy (non-hydrogen) atoms. The van der Waals surface area contributed by atoms with E-state index in [1.54, 1.807) is 18.2 Å². The van der Waals surface area contributed by atoms with E-state index in [0.29, 0.717) is 23.1 Å². The van der Waals surface area contributed by atoms with E-state index in [1.807, 2.05) is 43.4 Å². The predicted molar refractivity (Wildman–Crippen MR) is 103 cm³/mol. The molecule has 0 unspecified atom stereocenters. The fourth-order valence-electron chi connectivity index (χ4n) is 2.63. The fourth-order valence-corrected chi connectivity index (χ4v) is 2.63. The summed E-state index contributed by atoms with van der Waals surface area (Å²) in [7, 11) is 1.86. The fraction of sp³-hybridized carbons (Fsp3) is 0.0952. The van der Waals surface area contributed by atoms with E-state index in [1.165, 1.54) is 12.3 Å². The van der Waals surface area contributed by atoms with Crippen molar-refractivity contribution >= 4 is 5.69 Å². The van der Waals surface area contributed by atoms with E-state index >= 15 is 0 Å². The van der Waals surface area contributed by atoms with Gasteiger partial charge in [0.05, 0.1) is 0 Å². The molecule has 0 amide bonds. The maximum atomic E-state index is 13.7. The molecule has 6 nitrogen and oxygen atoms in total. The number of hydrogen-bond donors (Lipinski definition) is 1. The Balaban J connectivity index is 1.51. The third-order valence-electron chi connectivity index (χ3n) is 4.14. The van der Waals surface area contributed by atoms with Crippen molar-refractivity contribution in [3.63, 3.8) is 0 Å². The summed E-state index contributed by atoms with van der Waals surface area (Å²) in [6.45, 7) is 0.0308. The summed E-state index contributed by atoms with van der Waals surface area (Å²) in [4.78, 5) is 3.98. The Hall–Kier alpha value is -3.74. The van der Waals surface area contributed by atoms with Gasteiger partial charge in [-0.3, -0.25) is 4.98 Å². The molecule has 0 aliphatic rings. The molecule has 4 rings (SSSR count). The highest BCUT2D eigenvalue weighted by Gasteiger charge is 2.12. The van der Waals surface area contributed by atoms with Crippen molar-refractivity contribution < 1.29 is 13.5 Å². The van der Waals surface area contributed by atoms with Gasteiger partial charge >= 0.3 is 0 Å². The minimum absolute atomic E-state index is 0.0308. The molecular weight excluding hydrogens is 359 g/mol. The second-order valence-electron chi connectivity index (χ2n) is 5.99. The van der Waals surface area contributed by atoms with Gasteiger partial charge in [0.2, 0.25) is 11.8 Å². The number of nitrogens with one attached hydrogen (secondary N) is 1. The topological polar surface area (TPSA) is 73.1 Å². The van der Waals surface area contributed by atoms with Gasteiger partial charge in [-0.15, -0.1) is 10.2 Å². The third-order valence-corrected chi connectivity index (χ3v) is 4.14. The molecule has 0 atom stereocenters. The monoisotopic (exact) mass is 376 g/mol. The highest BCUT2D eigenvalue weighted by Crippen LogP contribution is 2.27. The van der Waals surface area contributed by atoms with Crippen LogP contribution in [-0.4, -0.2) is 22.2 Å². The van der Waals surface area contributed by atoms with Crippen molar-refractivity contribution in [3.05, 3.63) is 78.4 Å². The van der Waals surface area contributed by atoms with Gasteiger partial charge in [0.15, 0.2) is 0 Å². The van der Waals surface area contributed by atoms with Crippen LogP contribution in [0.1, 0.15) is 5.69 Å². The van der Waals surface area contributed by atoms with Gasteiger partial charge in [-0.25, -0.2) is 4.39 Å². The Morgan fingerprint density at radius 3 is 2.50 bits per heavy atom. The third kappa shape index (κ3) is 3.83. The van der Waals surface area contributed by atoms with Crippen molar-refractivity contribution in [2.45, 2.75) is 6.61 Å². The van der Waals surface area contributed by atoms with Crippen LogP contribution in [0, 0.1) is 5.82 Å². The number of aromatic nitrogens is 3. The largest absolute Gasteiger partial charge is 0.487 e. The first-order chi connectivity index (χ1) is 13.7. The van der Waals surface area contributed by atoms with Crippen LogP contribution in [0.3, 0.4) is 0 Å². The number of rotatable bonds is 6. The first kappa shape index (κ1) is 17.7. The van der Waals surface area contributed by atoms with Crippen molar-refractivity contribution in [3.8, 4) is 28.7 Å². The van der Waals surface area contributed by atoms with Crippen LogP contribution in [0.15, 0.2) is 71.3 Å². The molecule has 2 heterocycles. The van der Waals surface area contributed by atoms with Crippen LogP contribution >= 0.6 is 0 Å². The summed E-state index contributed by atoms with van der Waals surface area (Å²) in [5.41, 5.74) is 2.79. The lowest BCUT2D eigenvalue weighted by atomic mass is 10.2. The Labute approximate surface area is 161 Å². The van der Waals surface area contributed by atoms with Gasteiger partial charge < -0.3 is 14.5 Å². The van der Waals surface area contributed by atoms with Gasteiger partial charge in [-0.2, -0.15) is 0 Å². The summed E-state index contributed by atoms with van der Waals surface area (Å²) < 4.78 is 25.1. The molecule has 7 heteroatoms. The summed E-state index contributed by atoms with van der Waals surface area (Å²) in [6.07, 6.45) is 1.53. The van der Waals surface area contributed by atoms with E-state index in [9.17, 15) is 4.39 Å². The molecule has 0 spiro atoms. The predicted octanol–water partition coefficient (Wildman–Crippen LogP) is 4.56. The van der Waals surface area contributed by atoms with Gasteiger partial charge in [0.1, 0.15) is 23.9 Å². The lowest BCUT2D eigenvalue weighted by Gasteiger charge is -2.07. The molecule has 0 saturated heterocycles. The number of hydrogen-bond acceptors (Lipinski definition) is 6. The zero-order valence-corrected chi connectivity index (χ0v) is 15.1. The van der Waals surface area contributed by atoms with Gasteiger partial charge in [-0.05, 0) is 54.6 Å². The zero-order valence-electron chi connectivity index (χ0n) is 15.1. The average molecular weight is 376 g/mol. The van der Waals surface area contributed by atoms with Crippen LogP contribution in [-0.2, 0) is 6.61 Å². The first-order valence-electron chi connectivity index (χ1n) is 8.67. The van der Waals surface area contributed by atoms with Crippen LogP contribution in [0.4, 0.5) is 10.1 Å². The van der Waals surface area contributed by atoms with Crippen LogP contribution in [0.25, 0.3) is 22.9 Å².